The van der Waals surface area contributed by atoms with Crippen molar-refractivity contribution < 1.29 is 4.74 Å². The number of para-hydroxylation sites is 1. The van der Waals surface area contributed by atoms with Gasteiger partial charge in [-0.2, -0.15) is 0 Å². The molecular weight excluding hydrogens is 248 g/mol. The molecule has 3 nitrogen and oxygen atoms in total. The van der Waals surface area contributed by atoms with Crippen LogP contribution in [0.3, 0.4) is 0 Å². The quantitative estimate of drug-likeness (QED) is 0.722. The van der Waals surface area contributed by atoms with Crippen LogP contribution in [0, 0.1) is 0 Å². The first-order valence-corrected chi connectivity index (χ1v) is 6.67. The Morgan fingerprint density at radius 3 is 2.75 bits per heavy atom. The number of aryl methyl sites for hydroxylation is 1. The summed E-state index contributed by atoms with van der Waals surface area (Å²) in [6, 6.07) is 13.8. The molecular formula is C17H16N2O. The Labute approximate surface area is 118 Å². The first-order valence-electron chi connectivity index (χ1n) is 6.67. The van der Waals surface area contributed by atoms with Crippen LogP contribution < -0.4 is 10.5 Å². The normalized spacial score (nSPS) is 10.7. The fraction of sp³-hybridized carbons (Fsp3) is 0.118. The summed E-state index contributed by atoms with van der Waals surface area (Å²) in [5.74, 6) is 1.54. The average molecular weight is 264 g/mol. The van der Waals surface area contributed by atoms with Crippen LogP contribution in [0.2, 0.25) is 0 Å². The third-order valence-electron chi connectivity index (χ3n) is 3.40. The third kappa shape index (κ3) is 2.18. The van der Waals surface area contributed by atoms with Crippen molar-refractivity contribution in [2.24, 2.45) is 0 Å². The summed E-state index contributed by atoms with van der Waals surface area (Å²) in [4.78, 5) is 4.10. The molecule has 0 amide bonds. The van der Waals surface area contributed by atoms with Gasteiger partial charge in [0, 0.05) is 23.2 Å². The zero-order valence-electron chi connectivity index (χ0n) is 11.3. The van der Waals surface area contributed by atoms with Gasteiger partial charge in [-0.05, 0) is 36.2 Å². The molecule has 0 spiro atoms. The predicted octanol–water partition coefficient (Wildman–Crippen LogP) is 4.17. The van der Waals surface area contributed by atoms with Crippen molar-refractivity contribution in [1.29, 1.82) is 0 Å². The lowest BCUT2D eigenvalue weighted by Crippen LogP contribution is -1.95. The first kappa shape index (κ1) is 12.5. The molecule has 3 rings (SSSR count). The number of anilines is 1. The Kier molecular flexibility index (Phi) is 3.25. The minimum atomic E-state index is 0.649. The van der Waals surface area contributed by atoms with E-state index < -0.39 is 0 Å². The van der Waals surface area contributed by atoms with Crippen molar-refractivity contribution in [3.63, 3.8) is 0 Å². The number of nitrogen functional groups attached to an aromatic ring is 1. The Hall–Kier alpha value is -2.55. The number of hydrogen-bond acceptors (Lipinski definition) is 3. The number of rotatable bonds is 3. The average Bonchev–Trinajstić information content (AvgIpc) is 2.51. The monoisotopic (exact) mass is 264 g/mol. The fourth-order valence-corrected chi connectivity index (χ4v) is 2.28. The molecule has 2 N–H and O–H groups in total. The van der Waals surface area contributed by atoms with E-state index >= 15 is 0 Å². The molecule has 0 saturated heterocycles. The van der Waals surface area contributed by atoms with Crippen LogP contribution in [-0.2, 0) is 6.42 Å². The van der Waals surface area contributed by atoms with E-state index in [2.05, 4.69) is 18.0 Å². The Morgan fingerprint density at radius 2 is 1.90 bits per heavy atom. The van der Waals surface area contributed by atoms with Gasteiger partial charge in [0.2, 0.25) is 0 Å². The molecule has 3 heteroatoms. The number of nitrogens with two attached hydrogens (primary N) is 1. The lowest BCUT2D eigenvalue weighted by molar-refractivity contribution is 0.480. The van der Waals surface area contributed by atoms with Crippen LogP contribution in [-0.4, -0.2) is 4.98 Å². The minimum absolute atomic E-state index is 0.649. The predicted molar refractivity (Wildman–Crippen MR) is 82.0 cm³/mol. The summed E-state index contributed by atoms with van der Waals surface area (Å²) in [6.45, 7) is 2.11. The van der Waals surface area contributed by atoms with Gasteiger partial charge in [0.25, 0.3) is 0 Å². The van der Waals surface area contributed by atoms with E-state index in [4.69, 9.17) is 10.5 Å². The lowest BCUT2D eigenvalue weighted by Gasteiger charge is -2.13. The van der Waals surface area contributed by atoms with Crippen molar-refractivity contribution in [2.45, 2.75) is 13.3 Å². The summed E-state index contributed by atoms with van der Waals surface area (Å²) in [7, 11) is 0. The second-order valence-electron chi connectivity index (χ2n) is 4.64. The number of ether oxygens (including phenoxy) is 1. The minimum Gasteiger partial charge on any atom is -0.455 e. The number of nitrogens with zero attached hydrogens (tertiary/aromatic N) is 1. The molecule has 1 aromatic heterocycles. The summed E-state index contributed by atoms with van der Waals surface area (Å²) < 4.78 is 5.99. The number of hydrogen-bond donors (Lipinski definition) is 1. The molecule has 100 valence electrons. The van der Waals surface area contributed by atoms with E-state index in [0.717, 1.165) is 22.9 Å². The van der Waals surface area contributed by atoms with Crippen molar-refractivity contribution in [2.75, 3.05) is 5.73 Å². The maximum atomic E-state index is 6.21. The van der Waals surface area contributed by atoms with Gasteiger partial charge in [0.05, 0.1) is 5.69 Å². The smallest absolute Gasteiger partial charge is 0.150 e. The molecule has 0 aliphatic rings. The van der Waals surface area contributed by atoms with Crippen molar-refractivity contribution >= 4 is 16.5 Å². The summed E-state index contributed by atoms with van der Waals surface area (Å²) in [6.07, 6.45) is 4.46. The summed E-state index contributed by atoms with van der Waals surface area (Å²) in [5, 5.41) is 1.98. The van der Waals surface area contributed by atoms with Crippen LogP contribution in [0.5, 0.6) is 11.5 Å². The van der Waals surface area contributed by atoms with Crippen molar-refractivity contribution in [3.8, 4) is 11.5 Å². The molecule has 0 radical (unpaired) electrons. The van der Waals surface area contributed by atoms with Gasteiger partial charge < -0.3 is 10.5 Å². The zero-order chi connectivity index (χ0) is 13.9. The van der Waals surface area contributed by atoms with Crippen LogP contribution >= 0.6 is 0 Å². The molecule has 0 unspecified atom stereocenters. The molecule has 0 aliphatic carbocycles. The molecule has 20 heavy (non-hydrogen) atoms. The second kappa shape index (κ2) is 5.21. The van der Waals surface area contributed by atoms with E-state index in [9.17, 15) is 0 Å². The fourth-order valence-electron chi connectivity index (χ4n) is 2.28. The van der Waals surface area contributed by atoms with Crippen molar-refractivity contribution in [3.05, 3.63) is 60.4 Å². The highest BCUT2D eigenvalue weighted by Crippen LogP contribution is 2.34. The summed E-state index contributed by atoms with van der Waals surface area (Å²) in [5.41, 5.74) is 8.02. The standard InChI is InChI=1S/C17H16N2O/c1-2-12-5-3-4-6-15(12)20-16-8-7-13-11-19-10-9-14(13)17(16)18/h3-11H,2,18H2,1H3. The first-order chi connectivity index (χ1) is 9.79. The topological polar surface area (TPSA) is 48.1 Å². The van der Waals surface area contributed by atoms with Gasteiger partial charge in [-0.15, -0.1) is 0 Å². The summed E-state index contributed by atoms with van der Waals surface area (Å²) >= 11 is 0. The maximum absolute atomic E-state index is 6.21. The molecule has 0 fully saturated rings. The van der Waals surface area contributed by atoms with Crippen LogP contribution in [0.4, 0.5) is 5.69 Å². The highest BCUT2D eigenvalue weighted by Gasteiger charge is 2.08. The van der Waals surface area contributed by atoms with Gasteiger partial charge in [0.1, 0.15) is 5.75 Å². The Balaban J connectivity index is 2.05. The van der Waals surface area contributed by atoms with Crippen LogP contribution in [0.15, 0.2) is 54.9 Å². The largest absolute Gasteiger partial charge is 0.455 e. The number of benzene rings is 2. The van der Waals surface area contributed by atoms with E-state index in [1.165, 1.54) is 5.56 Å². The van der Waals surface area contributed by atoms with Gasteiger partial charge in [0.15, 0.2) is 5.75 Å². The van der Waals surface area contributed by atoms with Crippen LogP contribution in [0.25, 0.3) is 10.8 Å². The van der Waals surface area contributed by atoms with E-state index in [1.807, 2.05) is 36.4 Å². The molecule has 0 aliphatic heterocycles. The van der Waals surface area contributed by atoms with Gasteiger partial charge >= 0.3 is 0 Å². The highest BCUT2D eigenvalue weighted by molar-refractivity contribution is 5.95. The van der Waals surface area contributed by atoms with E-state index in [-0.39, 0.29) is 0 Å². The molecule has 0 bridgehead atoms. The SMILES string of the molecule is CCc1ccccc1Oc1ccc2cnccc2c1N. The van der Waals surface area contributed by atoms with Gasteiger partial charge in [-0.25, -0.2) is 0 Å². The lowest BCUT2D eigenvalue weighted by atomic mass is 10.1. The van der Waals surface area contributed by atoms with Crippen LogP contribution in [0.1, 0.15) is 12.5 Å². The third-order valence-corrected chi connectivity index (χ3v) is 3.40. The second-order valence-corrected chi connectivity index (χ2v) is 4.64. The van der Waals surface area contributed by atoms with E-state index in [1.54, 1.807) is 12.4 Å². The molecule has 2 aromatic carbocycles. The van der Waals surface area contributed by atoms with Gasteiger partial charge in [-0.1, -0.05) is 25.1 Å². The highest BCUT2D eigenvalue weighted by atomic mass is 16.5. The number of aromatic nitrogens is 1. The number of fused-ring (bicyclic) bond motifs is 1. The molecule has 3 aromatic rings. The Bertz CT molecular complexity index is 753. The molecule has 0 saturated carbocycles. The maximum Gasteiger partial charge on any atom is 0.150 e. The van der Waals surface area contributed by atoms with E-state index in [0.29, 0.717) is 11.4 Å². The zero-order valence-corrected chi connectivity index (χ0v) is 11.3. The number of pyridine rings is 1. The van der Waals surface area contributed by atoms with Crippen molar-refractivity contribution in [1.82, 2.24) is 4.98 Å². The van der Waals surface area contributed by atoms with Gasteiger partial charge in [-0.3, -0.25) is 4.98 Å². The molecule has 1 heterocycles. The molecule has 0 atom stereocenters. The Morgan fingerprint density at radius 1 is 1.05 bits per heavy atom.